The Kier molecular flexibility index (Phi) is 6.87. The van der Waals surface area contributed by atoms with E-state index in [1.165, 1.54) is 5.56 Å². The minimum atomic E-state index is 0.413. The third-order valence-electron chi connectivity index (χ3n) is 5.87. The van der Waals surface area contributed by atoms with Crippen LogP contribution in [0.15, 0.2) is 48.5 Å². The fourth-order valence-corrected chi connectivity index (χ4v) is 4.26. The monoisotopic (exact) mass is 419 g/mol. The molecule has 0 saturated heterocycles. The zero-order valence-corrected chi connectivity index (χ0v) is 18.8. The molecule has 0 radical (unpaired) electrons. The fourth-order valence-electron chi connectivity index (χ4n) is 4.26. The van der Waals surface area contributed by atoms with Crippen LogP contribution < -0.4 is 20.3 Å². The highest BCUT2D eigenvalue weighted by molar-refractivity contribution is 5.90. The van der Waals surface area contributed by atoms with Gasteiger partial charge in [0, 0.05) is 38.1 Å². The maximum Gasteiger partial charge on any atom is 0.225 e. The van der Waals surface area contributed by atoms with Crippen molar-refractivity contribution < 1.29 is 4.74 Å². The number of para-hydroxylation sites is 1. The molecule has 0 atom stereocenters. The molecule has 6 nitrogen and oxygen atoms in total. The Morgan fingerprint density at radius 3 is 2.52 bits per heavy atom. The number of benzene rings is 2. The lowest BCUT2D eigenvalue weighted by molar-refractivity contribution is 0.338. The van der Waals surface area contributed by atoms with Gasteiger partial charge in [0.05, 0.1) is 12.1 Å². The van der Waals surface area contributed by atoms with Crippen molar-refractivity contribution in [1.82, 2.24) is 15.3 Å². The molecule has 0 unspecified atom stereocenters. The smallest absolute Gasteiger partial charge is 0.225 e. The van der Waals surface area contributed by atoms with Crippen LogP contribution in [-0.4, -0.2) is 42.8 Å². The van der Waals surface area contributed by atoms with E-state index in [9.17, 15) is 0 Å². The lowest BCUT2D eigenvalue weighted by Gasteiger charge is -2.30. The zero-order chi connectivity index (χ0) is 21.6. The van der Waals surface area contributed by atoms with E-state index in [1.807, 2.05) is 39.2 Å². The number of nitrogens with zero attached hydrogens (tertiary/aromatic N) is 3. The maximum absolute atomic E-state index is 5.61. The summed E-state index contributed by atoms with van der Waals surface area (Å²) in [7, 11) is 4.05. The van der Waals surface area contributed by atoms with Gasteiger partial charge < -0.3 is 20.3 Å². The van der Waals surface area contributed by atoms with E-state index in [4.69, 9.17) is 14.7 Å². The largest absolute Gasteiger partial charge is 0.494 e. The molecule has 1 saturated carbocycles. The van der Waals surface area contributed by atoms with Crippen LogP contribution in [0.1, 0.15) is 38.2 Å². The minimum absolute atomic E-state index is 0.413. The van der Waals surface area contributed by atoms with E-state index in [0.717, 1.165) is 60.6 Å². The number of hydrogen-bond donors (Lipinski definition) is 2. The van der Waals surface area contributed by atoms with Crippen LogP contribution in [-0.2, 0) is 6.54 Å². The quantitative estimate of drug-likeness (QED) is 0.556. The number of hydrogen-bond acceptors (Lipinski definition) is 6. The van der Waals surface area contributed by atoms with Crippen molar-refractivity contribution in [3.63, 3.8) is 0 Å². The van der Waals surface area contributed by atoms with Crippen LogP contribution in [0.25, 0.3) is 10.9 Å². The second-order valence-corrected chi connectivity index (χ2v) is 8.44. The molecular formula is C25H33N5O. The van der Waals surface area contributed by atoms with Gasteiger partial charge in [-0.2, -0.15) is 4.98 Å². The first-order chi connectivity index (χ1) is 15.1. The fraction of sp³-hybridized carbons (Fsp3) is 0.440. The first kappa shape index (κ1) is 21.4. The maximum atomic E-state index is 5.61. The van der Waals surface area contributed by atoms with E-state index in [-0.39, 0.29) is 0 Å². The Hall–Kier alpha value is -2.86. The van der Waals surface area contributed by atoms with Crippen molar-refractivity contribution >= 4 is 22.7 Å². The zero-order valence-electron chi connectivity index (χ0n) is 18.8. The van der Waals surface area contributed by atoms with Gasteiger partial charge in [0.15, 0.2) is 0 Å². The van der Waals surface area contributed by atoms with E-state index < -0.39 is 0 Å². The molecule has 164 valence electrons. The van der Waals surface area contributed by atoms with Crippen molar-refractivity contribution in [2.24, 2.45) is 0 Å². The SMILES string of the molecule is CCOc1cccc(CN[C@H]2CC[C@@H](Nc3nc(N(C)C)c4ccccc4n3)CC2)c1. The van der Waals surface area contributed by atoms with Crippen LogP contribution in [0.2, 0.25) is 0 Å². The Labute approximate surface area is 185 Å². The summed E-state index contributed by atoms with van der Waals surface area (Å²) >= 11 is 0. The minimum Gasteiger partial charge on any atom is -0.494 e. The van der Waals surface area contributed by atoms with E-state index in [0.29, 0.717) is 18.7 Å². The van der Waals surface area contributed by atoms with Gasteiger partial charge in [0.25, 0.3) is 0 Å². The van der Waals surface area contributed by atoms with E-state index in [1.54, 1.807) is 0 Å². The second-order valence-electron chi connectivity index (χ2n) is 8.44. The first-order valence-electron chi connectivity index (χ1n) is 11.3. The van der Waals surface area contributed by atoms with Gasteiger partial charge >= 0.3 is 0 Å². The molecular weight excluding hydrogens is 386 g/mol. The van der Waals surface area contributed by atoms with Crippen molar-refractivity contribution in [2.75, 3.05) is 30.9 Å². The molecule has 1 aliphatic carbocycles. The molecule has 0 aliphatic heterocycles. The summed E-state index contributed by atoms with van der Waals surface area (Å²) in [6.45, 7) is 3.59. The van der Waals surface area contributed by atoms with Crippen LogP contribution >= 0.6 is 0 Å². The van der Waals surface area contributed by atoms with Gasteiger partial charge in [-0.15, -0.1) is 0 Å². The Bertz CT molecular complexity index is 998. The van der Waals surface area contributed by atoms with Crippen molar-refractivity contribution in [3.05, 3.63) is 54.1 Å². The summed E-state index contributed by atoms with van der Waals surface area (Å²) < 4.78 is 5.61. The molecule has 0 amide bonds. The van der Waals surface area contributed by atoms with Crippen LogP contribution in [0.3, 0.4) is 0 Å². The average Bonchev–Trinajstić information content (AvgIpc) is 2.78. The van der Waals surface area contributed by atoms with Gasteiger partial charge in [-0.3, -0.25) is 0 Å². The van der Waals surface area contributed by atoms with Crippen molar-refractivity contribution in [3.8, 4) is 5.75 Å². The number of anilines is 2. The molecule has 1 aromatic heterocycles. The van der Waals surface area contributed by atoms with Gasteiger partial charge in [-0.1, -0.05) is 24.3 Å². The standard InChI is InChI=1S/C25H33N5O/c1-4-31-21-9-7-8-18(16-21)17-26-19-12-14-20(15-13-19)27-25-28-23-11-6-5-10-22(23)24(29-25)30(2)3/h5-11,16,19-20,26H,4,12-15,17H2,1-3H3,(H,27,28,29)/t19-,20+. The molecule has 3 aromatic rings. The van der Waals surface area contributed by atoms with Gasteiger partial charge in [0.2, 0.25) is 5.95 Å². The predicted molar refractivity (Wildman–Crippen MR) is 128 cm³/mol. The lowest BCUT2D eigenvalue weighted by Crippen LogP contribution is -2.37. The molecule has 2 aromatic carbocycles. The van der Waals surface area contributed by atoms with E-state index >= 15 is 0 Å². The average molecular weight is 420 g/mol. The highest BCUT2D eigenvalue weighted by Gasteiger charge is 2.22. The van der Waals surface area contributed by atoms with Gasteiger partial charge in [-0.05, 0) is 62.4 Å². The van der Waals surface area contributed by atoms with Crippen LogP contribution in [0.5, 0.6) is 5.75 Å². The number of aromatic nitrogens is 2. The lowest BCUT2D eigenvalue weighted by atomic mass is 9.91. The summed E-state index contributed by atoms with van der Waals surface area (Å²) in [5.74, 6) is 2.63. The molecule has 4 rings (SSSR count). The predicted octanol–water partition coefficient (Wildman–Crippen LogP) is 4.61. The van der Waals surface area contributed by atoms with E-state index in [2.05, 4.69) is 45.9 Å². The topological polar surface area (TPSA) is 62.3 Å². The summed E-state index contributed by atoms with van der Waals surface area (Å²) in [6, 6.07) is 17.5. The normalized spacial score (nSPS) is 18.7. The molecule has 2 N–H and O–H groups in total. The Morgan fingerprint density at radius 1 is 0.968 bits per heavy atom. The molecule has 1 heterocycles. The summed E-state index contributed by atoms with van der Waals surface area (Å²) in [4.78, 5) is 11.6. The summed E-state index contributed by atoms with van der Waals surface area (Å²) in [6.07, 6.45) is 4.53. The van der Waals surface area contributed by atoms with Crippen molar-refractivity contribution in [2.45, 2.75) is 51.2 Å². The summed E-state index contributed by atoms with van der Waals surface area (Å²) in [5, 5.41) is 8.39. The number of fused-ring (bicyclic) bond motifs is 1. The Morgan fingerprint density at radius 2 is 1.74 bits per heavy atom. The molecule has 31 heavy (non-hydrogen) atoms. The molecule has 0 spiro atoms. The number of ether oxygens (including phenoxy) is 1. The highest BCUT2D eigenvalue weighted by Crippen LogP contribution is 2.26. The third-order valence-corrected chi connectivity index (χ3v) is 5.87. The first-order valence-corrected chi connectivity index (χ1v) is 11.3. The highest BCUT2D eigenvalue weighted by atomic mass is 16.5. The van der Waals surface area contributed by atoms with Gasteiger partial charge in [0.1, 0.15) is 11.6 Å². The molecule has 1 aliphatic rings. The molecule has 0 bridgehead atoms. The summed E-state index contributed by atoms with van der Waals surface area (Å²) in [5.41, 5.74) is 2.25. The second kappa shape index (κ2) is 9.96. The molecule has 6 heteroatoms. The van der Waals surface area contributed by atoms with Crippen LogP contribution in [0.4, 0.5) is 11.8 Å². The third kappa shape index (κ3) is 5.44. The number of nitrogens with one attached hydrogen (secondary N) is 2. The molecule has 1 fully saturated rings. The van der Waals surface area contributed by atoms with Crippen LogP contribution in [0, 0.1) is 0 Å². The number of rotatable bonds is 8. The van der Waals surface area contributed by atoms with Gasteiger partial charge in [-0.25, -0.2) is 4.98 Å². The Balaban J connectivity index is 1.32. The van der Waals surface area contributed by atoms with Crippen molar-refractivity contribution in [1.29, 1.82) is 0 Å².